The van der Waals surface area contributed by atoms with Gasteiger partial charge in [-0.25, -0.2) is 4.79 Å². The summed E-state index contributed by atoms with van der Waals surface area (Å²) in [5.74, 6) is -0.448. The zero-order valence-electron chi connectivity index (χ0n) is 8.94. The van der Waals surface area contributed by atoms with Crippen LogP contribution in [0, 0.1) is 0 Å². The van der Waals surface area contributed by atoms with Crippen LogP contribution in [0.2, 0.25) is 5.02 Å². The Labute approximate surface area is 99.3 Å². The number of aliphatic hydroxyl groups is 1. The molecule has 16 heavy (non-hydrogen) atoms. The molecule has 0 fully saturated rings. The summed E-state index contributed by atoms with van der Waals surface area (Å²) >= 11 is 5.93. The molecule has 0 saturated carbocycles. The zero-order valence-corrected chi connectivity index (χ0v) is 9.70. The summed E-state index contributed by atoms with van der Waals surface area (Å²) in [5.41, 5.74) is 1.23. The minimum atomic E-state index is -0.448. The third-order valence-electron chi connectivity index (χ3n) is 2.00. The van der Waals surface area contributed by atoms with Gasteiger partial charge in [0.15, 0.2) is 0 Å². The molecule has 0 radical (unpaired) electrons. The number of hydrogen-bond acceptors (Lipinski definition) is 3. The SMILES string of the molecule is COC(=O)c1ccc(C=CCCO)cc1Cl. The molecule has 0 aromatic heterocycles. The second-order valence-corrected chi connectivity index (χ2v) is 3.55. The highest BCUT2D eigenvalue weighted by Crippen LogP contribution is 2.19. The summed E-state index contributed by atoms with van der Waals surface area (Å²) in [5, 5.41) is 8.97. The smallest absolute Gasteiger partial charge is 0.339 e. The average Bonchev–Trinajstić information content (AvgIpc) is 2.29. The molecule has 0 amide bonds. The van der Waals surface area contributed by atoms with Gasteiger partial charge in [0.25, 0.3) is 0 Å². The van der Waals surface area contributed by atoms with E-state index < -0.39 is 5.97 Å². The minimum Gasteiger partial charge on any atom is -0.465 e. The van der Waals surface area contributed by atoms with Gasteiger partial charge in [0, 0.05) is 6.61 Å². The molecule has 86 valence electrons. The van der Waals surface area contributed by atoms with Gasteiger partial charge in [0.2, 0.25) is 0 Å². The van der Waals surface area contributed by atoms with E-state index in [9.17, 15) is 4.79 Å². The van der Waals surface area contributed by atoms with Crippen LogP contribution in [0.4, 0.5) is 0 Å². The van der Waals surface area contributed by atoms with E-state index in [2.05, 4.69) is 4.74 Å². The van der Waals surface area contributed by atoms with Crippen LogP contribution in [0.25, 0.3) is 6.08 Å². The van der Waals surface area contributed by atoms with Crippen molar-refractivity contribution >= 4 is 23.6 Å². The highest BCUT2D eigenvalue weighted by Gasteiger charge is 2.09. The van der Waals surface area contributed by atoms with Gasteiger partial charge < -0.3 is 9.84 Å². The van der Waals surface area contributed by atoms with Crippen molar-refractivity contribution < 1.29 is 14.6 Å². The van der Waals surface area contributed by atoms with Crippen LogP contribution in [-0.2, 0) is 4.74 Å². The summed E-state index contributed by atoms with van der Waals surface area (Å²) < 4.78 is 4.58. The number of halogens is 1. The Bertz CT molecular complexity index is 399. The second-order valence-electron chi connectivity index (χ2n) is 3.15. The Morgan fingerprint density at radius 3 is 2.88 bits per heavy atom. The first-order chi connectivity index (χ1) is 7.69. The largest absolute Gasteiger partial charge is 0.465 e. The number of carbonyl (C=O) groups excluding carboxylic acids is 1. The summed E-state index contributed by atoms with van der Waals surface area (Å²) in [6, 6.07) is 5.07. The fraction of sp³-hybridized carbons (Fsp3) is 0.250. The predicted molar refractivity (Wildman–Crippen MR) is 63.5 cm³/mol. The molecule has 0 saturated heterocycles. The lowest BCUT2D eigenvalue weighted by atomic mass is 10.1. The molecule has 0 unspecified atom stereocenters. The molecular weight excluding hydrogens is 228 g/mol. The van der Waals surface area contributed by atoms with E-state index in [0.29, 0.717) is 17.0 Å². The molecule has 0 bridgehead atoms. The number of esters is 1. The van der Waals surface area contributed by atoms with Crippen molar-refractivity contribution in [3.8, 4) is 0 Å². The standard InChI is InChI=1S/C12H13ClO3/c1-16-12(15)10-6-5-9(8-11(10)13)4-2-3-7-14/h2,4-6,8,14H,3,7H2,1H3. The Morgan fingerprint density at radius 2 is 2.31 bits per heavy atom. The van der Waals surface area contributed by atoms with Gasteiger partial charge in [-0.3, -0.25) is 0 Å². The van der Waals surface area contributed by atoms with E-state index in [-0.39, 0.29) is 6.61 Å². The predicted octanol–water partition coefficient (Wildman–Crippen LogP) is 2.52. The molecule has 1 aromatic carbocycles. The topological polar surface area (TPSA) is 46.5 Å². The molecular formula is C12H13ClO3. The Balaban J connectivity index is 2.86. The second kappa shape index (κ2) is 6.30. The molecule has 0 heterocycles. The molecule has 4 heteroatoms. The molecule has 0 atom stereocenters. The van der Waals surface area contributed by atoms with Crippen molar-refractivity contribution in [3.05, 3.63) is 40.4 Å². The van der Waals surface area contributed by atoms with Gasteiger partial charge in [-0.15, -0.1) is 0 Å². The number of benzene rings is 1. The van der Waals surface area contributed by atoms with Gasteiger partial charge in [0.05, 0.1) is 17.7 Å². The summed E-state index contributed by atoms with van der Waals surface area (Å²) in [6.07, 6.45) is 4.27. The van der Waals surface area contributed by atoms with Crippen molar-refractivity contribution in [2.75, 3.05) is 13.7 Å². The van der Waals surface area contributed by atoms with E-state index in [1.165, 1.54) is 7.11 Å². The lowest BCUT2D eigenvalue weighted by Crippen LogP contribution is -2.01. The highest BCUT2D eigenvalue weighted by molar-refractivity contribution is 6.33. The van der Waals surface area contributed by atoms with Crippen LogP contribution in [0.3, 0.4) is 0 Å². The Kier molecular flexibility index (Phi) is 5.02. The van der Waals surface area contributed by atoms with E-state index >= 15 is 0 Å². The van der Waals surface area contributed by atoms with Gasteiger partial charge in [0.1, 0.15) is 0 Å². The van der Waals surface area contributed by atoms with Crippen molar-refractivity contribution in [1.82, 2.24) is 0 Å². The number of aliphatic hydroxyl groups excluding tert-OH is 1. The number of carbonyl (C=O) groups is 1. The quantitative estimate of drug-likeness (QED) is 0.823. The first-order valence-electron chi connectivity index (χ1n) is 4.84. The van der Waals surface area contributed by atoms with Crippen molar-refractivity contribution in [3.63, 3.8) is 0 Å². The van der Waals surface area contributed by atoms with Crippen molar-refractivity contribution in [2.24, 2.45) is 0 Å². The maximum Gasteiger partial charge on any atom is 0.339 e. The van der Waals surface area contributed by atoms with Crippen molar-refractivity contribution in [1.29, 1.82) is 0 Å². The molecule has 1 aromatic rings. The zero-order chi connectivity index (χ0) is 12.0. The first-order valence-corrected chi connectivity index (χ1v) is 5.22. The Hall–Kier alpha value is -1.32. The summed E-state index contributed by atoms with van der Waals surface area (Å²) in [6.45, 7) is 0.116. The van der Waals surface area contributed by atoms with Gasteiger partial charge in [-0.1, -0.05) is 29.8 Å². The van der Waals surface area contributed by atoms with Crippen LogP contribution in [0.1, 0.15) is 22.3 Å². The highest BCUT2D eigenvalue weighted by atomic mass is 35.5. The molecule has 3 nitrogen and oxygen atoms in total. The van der Waals surface area contributed by atoms with Crippen LogP contribution < -0.4 is 0 Å². The normalized spacial score (nSPS) is 10.7. The third kappa shape index (κ3) is 3.36. The molecule has 1 N–H and O–H groups in total. The fourth-order valence-corrected chi connectivity index (χ4v) is 1.47. The molecule has 0 aliphatic carbocycles. The lowest BCUT2D eigenvalue weighted by Gasteiger charge is -2.02. The number of ether oxygens (including phenoxy) is 1. The van der Waals surface area contributed by atoms with Crippen LogP contribution in [0.15, 0.2) is 24.3 Å². The first kappa shape index (κ1) is 12.7. The lowest BCUT2D eigenvalue weighted by molar-refractivity contribution is 0.0601. The number of rotatable bonds is 4. The molecule has 0 spiro atoms. The number of hydrogen-bond donors (Lipinski definition) is 1. The van der Waals surface area contributed by atoms with Gasteiger partial charge >= 0.3 is 5.97 Å². The van der Waals surface area contributed by atoms with E-state index in [0.717, 1.165) is 5.56 Å². The van der Waals surface area contributed by atoms with Crippen LogP contribution in [0.5, 0.6) is 0 Å². The average molecular weight is 241 g/mol. The minimum absolute atomic E-state index is 0.116. The maximum atomic E-state index is 11.2. The summed E-state index contributed by atoms with van der Waals surface area (Å²) in [7, 11) is 1.31. The van der Waals surface area contributed by atoms with Gasteiger partial charge in [-0.05, 0) is 24.1 Å². The fourth-order valence-electron chi connectivity index (χ4n) is 1.20. The monoisotopic (exact) mass is 240 g/mol. The van der Waals surface area contributed by atoms with Crippen LogP contribution in [-0.4, -0.2) is 24.8 Å². The van der Waals surface area contributed by atoms with E-state index in [1.807, 2.05) is 12.2 Å². The molecule has 0 aliphatic rings. The molecule has 1 rings (SSSR count). The maximum absolute atomic E-state index is 11.2. The number of methoxy groups -OCH3 is 1. The molecule has 0 aliphatic heterocycles. The van der Waals surface area contributed by atoms with Gasteiger partial charge in [-0.2, -0.15) is 0 Å². The van der Waals surface area contributed by atoms with Crippen LogP contribution >= 0.6 is 11.6 Å². The van der Waals surface area contributed by atoms with E-state index in [4.69, 9.17) is 16.7 Å². The third-order valence-corrected chi connectivity index (χ3v) is 2.32. The Morgan fingerprint density at radius 1 is 1.56 bits per heavy atom. The van der Waals surface area contributed by atoms with Crippen molar-refractivity contribution in [2.45, 2.75) is 6.42 Å². The van der Waals surface area contributed by atoms with E-state index in [1.54, 1.807) is 18.2 Å². The summed E-state index contributed by atoms with van der Waals surface area (Å²) in [4.78, 5) is 11.2.